The maximum absolute atomic E-state index is 5.56. The van der Waals surface area contributed by atoms with Gasteiger partial charge in [0.15, 0.2) is 0 Å². The number of hydrogen-bond acceptors (Lipinski definition) is 1. The van der Waals surface area contributed by atoms with Crippen LogP contribution in [0.15, 0.2) is 0 Å². The first kappa shape index (κ1) is 7.60. The van der Waals surface area contributed by atoms with Crippen LogP contribution < -0.4 is 0 Å². The molecule has 1 saturated carbocycles. The van der Waals surface area contributed by atoms with Crippen LogP contribution in [0.25, 0.3) is 0 Å². The van der Waals surface area contributed by atoms with Gasteiger partial charge in [-0.25, -0.2) is 0 Å². The van der Waals surface area contributed by atoms with Gasteiger partial charge in [0.05, 0.1) is 0 Å². The van der Waals surface area contributed by atoms with Crippen molar-refractivity contribution in [3.8, 4) is 0 Å². The Balaban J connectivity index is 2.07. The van der Waals surface area contributed by atoms with Gasteiger partial charge >= 0.3 is 0 Å². The minimum absolute atomic E-state index is 0.873. The van der Waals surface area contributed by atoms with Gasteiger partial charge in [0.2, 0.25) is 0 Å². The lowest BCUT2D eigenvalue weighted by Gasteiger charge is -2.43. The molecule has 1 aliphatic carbocycles. The molecule has 2 fully saturated rings. The predicted octanol–water partition coefficient (Wildman–Crippen LogP) is 2.32. The van der Waals surface area contributed by atoms with Crippen LogP contribution in [0.1, 0.15) is 26.7 Å². The van der Waals surface area contributed by atoms with E-state index in [1.165, 1.54) is 12.8 Å². The highest BCUT2D eigenvalue weighted by Crippen LogP contribution is 2.40. The Morgan fingerprint density at radius 1 is 1.00 bits per heavy atom. The molecule has 1 heteroatoms. The fraction of sp³-hybridized carbons (Fsp3) is 1.00. The van der Waals surface area contributed by atoms with E-state index in [1.807, 2.05) is 0 Å². The largest absolute Gasteiger partial charge is 0.381 e. The topological polar surface area (TPSA) is 9.23 Å². The summed E-state index contributed by atoms with van der Waals surface area (Å²) in [5, 5.41) is 0. The quantitative estimate of drug-likeness (QED) is 0.520. The van der Waals surface area contributed by atoms with Gasteiger partial charge in [-0.3, -0.25) is 0 Å². The summed E-state index contributed by atoms with van der Waals surface area (Å²) < 4.78 is 5.56. The Kier molecular flexibility index (Phi) is 1.92. The molecule has 0 N–H and O–H groups in total. The zero-order valence-electron chi connectivity index (χ0n) is 7.55. The molecule has 64 valence electrons. The van der Waals surface area contributed by atoms with Crippen molar-refractivity contribution in [1.29, 1.82) is 0 Å². The van der Waals surface area contributed by atoms with Gasteiger partial charge in [-0.2, -0.15) is 0 Å². The predicted molar refractivity (Wildman–Crippen MR) is 45.4 cm³/mol. The molecule has 0 aromatic carbocycles. The van der Waals surface area contributed by atoms with Crippen molar-refractivity contribution in [1.82, 2.24) is 0 Å². The Morgan fingerprint density at radius 3 is 2.09 bits per heavy atom. The lowest BCUT2D eigenvalue weighted by Crippen LogP contribution is -2.40. The summed E-state index contributed by atoms with van der Waals surface area (Å²) in [7, 11) is 0. The molecule has 0 amide bonds. The molecule has 2 atom stereocenters. The average molecular weight is 154 g/mol. The Morgan fingerprint density at radius 2 is 1.55 bits per heavy atom. The number of hydrogen-bond donors (Lipinski definition) is 0. The molecule has 1 saturated heterocycles. The first-order chi connectivity index (χ1) is 5.27. The molecule has 1 heterocycles. The van der Waals surface area contributed by atoms with Crippen LogP contribution in [0.2, 0.25) is 0 Å². The number of ether oxygens (including phenoxy) is 1. The summed E-state index contributed by atoms with van der Waals surface area (Å²) in [6.07, 6.45) is 2.80. The monoisotopic (exact) mass is 154 g/mol. The van der Waals surface area contributed by atoms with Gasteiger partial charge in [0, 0.05) is 13.2 Å². The van der Waals surface area contributed by atoms with Crippen molar-refractivity contribution in [2.24, 2.45) is 23.7 Å². The van der Waals surface area contributed by atoms with E-state index in [9.17, 15) is 0 Å². The summed E-state index contributed by atoms with van der Waals surface area (Å²) in [6.45, 7) is 6.85. The van der Waals surface area contributed by atoms with Crippen LogP contribution in [-0.4, -0.2) is 13.2 Å². The SMILES string of the molecule is CC1CC2COCC(C1)C2C. The zero-order chi connectivity index (χ0) is 7.84. The first-order valence-corrected chi connectivity index (χ1v) is 4.85. The highest BCUT2D eigenvalue weighted by Gasteiger charge is 2.36. The van der Waals surface area contributed by atoms with Crippen molar-refractivity contribution in [3.05, 3.63) is 0 Å². The molecule has 0 radical (unpaired) electrons. The lowest BCUT2D eigenvalue weighted by atomic mass is 9.68. The van der Waals surface area contributed by atoms with Crippen molar-refractivity contribution in [2.75, 3.05) is 13.2 Å². The number of rotatable bonds is 0. The molecule has 2 aliphatic rings. The minimum atomic E-state index is 0.873. The summed E-state index contributed by atoms with van der Waals surface area (Å²) in [4.78, 5) is 0. The first-order valence-electron chi connectivity index (χ1n) is 4.85. The fourth-order valence-corrected chi connectivity index (χ4v) is 2.75. The van der Waals surface area contributed by atoms with Gasteiger partial charge in [0.25, 0.3) is 0 Å². The second-order valence-corrected chi connectivity index (χ2v) is 4.49. The van der Waals surface area contributed by atoms with E-state index in [0.29, 0.717) is 0 Å². The van der Waals surface area contributed by atoms with Gasteiger partial charge in [-0.1, -0.05) is 13.8 Å². The van der Waals surface area contributed by atoms with Crippen LogP contribution in [0, 0.1) is 23.7 Å². The van der Waals surface area contributed by atoms with E-state index < -0.39 is 0 Å². The van der Waals surface area contributed by atoms with Crippen molar-refractivity contribution < 1.29 is 4.74 Å². The molecule has 2 unspecified atom stereocenters. The van der Waals surface area contributed by atoms with Crippen LogP contribution in [0.3, 0.4) is 0 Å². The highest BCUT2D eigenvalue weighted by atomic mass is 16.5. The standard InChI is InChI=1S/C10H18O/c1-7-3-9-5-11-6-10(4-7)8(9)2/h7-10H,3-6H2,1-2H3. The molecule has 11 heavy (non-hydrogen) atoms. The smallest absolute Gasteiger partial charge is 0.0497 e. The molecule has 1 aliphatic heterocycles. The second-order valence-electron chi connectivity index (χ2n) is 4.49. The molecule has 0 spiro atoms. The van der Waals surface area contributed by atoms with E-state index in [0.717, 1.165) is 36.9 Å². The van der Waals surface area contributed by atoms with Gasteiger partial charge < -0.3 is 4.74 Å². The molecule has 2 bridgehead atoms. The second kappa shape index (κ2) is 2.78. The van der Waals surface area contributed by atoms with Gasteiger partial charge in [-0.15, -0.1) is 0 Å². The van der Waals surface area contributed by atoms with Crippen LogP contribution in [-0.2, 0) is 4.74 Å². The summed E-state index contributed by atoms with van der Waals surface area (Å²) in [6, 6.07) is 0. The zero-order valence-corrected chi connectivity index (χ0v) is 7.55. The third-order valence-electron chi connectivity index (χ3n) is 3.56. The van der Waals surface area contributed by atoms with E-state index >= 15 is 0 Å². The van der Waals surface area contributed by atoms with Gasteiger partial charge in [-0.05, 0) is 36.5 Å². The summed E-state index contributed by atoms with van der Waals surface area (Å²) in [5.74, 6) is 3.63. The van der Waals surface area contributed by atoms with Crippen molar-refractivity contribution in [2.45, 2.75) is 26.7 Å². The molecule has 0 aromatic heterocycles. The fourth-order valence-electron chi connectivity index (χ4n) is 2.75. The maximum atomic E-state index is 5.56. The average Bonchev–Trinajstić information content (AvgIpc) is 1.92. The van der Waals surface area contributed by atoms with E-state index in [-0.39, 0.29) is 0 Å². The third kappa shape index (κ3) is 1.31. The van der Waals surface area contributed by atoms with Crippen LogP contribution >= 0.6 is 0 Å². The molecular weight excluding hydrogens is 136 g/mol. The normalized spacial score (nSPS) is 50.7. The highest BCUT2D eigenvalue weighted by molar-refractivity contribution is 4.85. The Bertz CT molecular complexity index is 130. The Labute approximate surface area is 69.1 Å². The summed E-state index contributed by atoms with van der Waals surface area (Å²) >= 11 is 0. The molecule has 2 rings (SSSR count). The Hall–Kier alpha value is -0.0400. The third-order valence-corrected chi connectivity index (χ3v) is 3.56. The number of fused-ring (bicyclic) bond motifs is 2. The van der Waals surface area contributed by atoms with Crippen LogP contribution in [0.5, 0.6) is 0 Å². The lowest BCUT2D eigenvalue weighted by molar-refractivity contribution is -0.0626. The van der Waals surface area contributed by atoms with Crippen molar-refractivity contribution >= 4 is 0 Å². The minimum Gasteiger partial charge on any atom is -0.381 e. The van der Waals surface area contributed by atoms with Gasteiger partial charge in [0.1, 0.15) is 0 Å². The summed E-state index contributed by atoms with van der Waals surface area (Å²) in [5.41, 5.74) is 0. The molecular formula is C10H18O. The van der Waals surface area contributed by atoms with E-state index in [1.54, 1.807) is 0 Å². The van der Waals surface area contributed by atoms with Crippen molar-refractivity contribution in [3.63, 3.8) is 0 Å². The van der Waals surface area contributed by atoms with Crippen LogP contribution in [0.4, 0.5) is 0 Å². The molecule has 0 aromatic rings. The van der Waals surface area contributed by atoms with E-state index in [4.69, 9.17) is 4.74 Å². The molecule has 1 nitrogen and oxygen atoms in total. The maximum Gasteiger partial charge on any atom is 0.0497 e. The van der Waals surface area contributed by atoms with E-state index in [2.05, 4.69) is 13.8 Å².